The van der Waals surface area contributed by atoms with Crippen LogP contribution in [0, 0.1) is 5.92 Å². The highest BCUT2D eigenvalue weighted by Crippen LogP contribution is 2.32. The number of hydrogen-bond acceptors (Lipinski definition) is 3. The van der Waals surface area contributed by atoms with E-state index >= 15 is 0 Å². The van der Waals surface area contributed by atoms with Crippen molar-refractivity contribution in [3.8, 4) is 0 Å². The molecule has 2 aromatic rings. The zero-order valence-corrected chi connectivity index (χ0v) is 15.8. The van der Waals surface area contributed by atoms with E-state index in [2.05, 4.69) is 6.92 Å². The number of β-amino-alcohol motifs (C(OH)–C–C–N with tert-alkyl or cyclic N) is 1. The van der Waals surface area contributed by atoms with E-state index in [4.69, 9.17) is 16.6 Å². The molecule has 0 aromatic heterocycles. The molecule has 0 saturated carbocycles. The minimum atomic E-state index is -0.493. The Balaban J connectivity index is 2.26. The Hall–Kier alpha value is -2.17. The Kier molecular flexibility index (Phi) is 5.74. The van der Waals surface area contributed by atoms with Gasteiger partial charge in [0.25, 0.3) is 5.91 Å². The van der Waals surface area contributed by atoms with Crippen molar-refractivity contribution in [2.75, 3.05) is 18.1 Å². The third kappa shape index (κ3) is 3.53. The predicted octanol–water partition coefficient (Wildman–Crippen LogP) is 3.93. The van der Waals surface area contributed by atoms with Crippen LogP contribution >= 0.6 is 11.6 Å². The van der Waals surface area contributed by atoms with Gasteiger partial charge in [-0.1, -0.05) is 62.2 Å². The van der Waals surface area contributed by atoms with Crippen LogP contribution in [0.4, 0.5) is 5.69 Å². The summed E-state index contributed by atoms with van der Waals surface area (Å²) in [5.41, 5.74) is 3.27. The maximum Gasteiger partial charge on any atom is 0.252 e. The van der Waals surface area contributed by atoms with Crippen molar-refractivity contribution in [2.24, 2.45) is 10.9 Å². The molecule has 2 aromatic carbocycles. The predicted molar refractivity (Wildman–Crippen MR) is 106 cm³/mol. The first kappa shape index (κ1) is 18.6. The standard InChI is InChI=1S/C21H23ClN2O2/c1-3-14(2)19-21(26)24(11-12-25)18-10-9-16(22)13-17(18)20(23-19)15-7-5-4-6-8-15/h4-10,13-14,19,25H,3,11-12H2,1-2H3/t14?,19-/m0/s1. The third-order valence-electron chi connectivity index (χ3n) is 4.85. The lowest BCUT2D eigenvalue weighted by Gasteiger charge is -2.26. The second kappa shape index (κ2) is 8.02. The van der Waals surface area contributed by atoms with Gasteiger partial charge in [0.05, 0.1) is 18.0 Å². The van der Waals surface area contributed by atoms with Crippen molar-refractivity contribution in [3.63, 3.8) is 0 Å². The van der Waals surface area contributed by atoms with Gasteiger partial charge in [0.2, 0.25) is 0 Å². The molecular weight excluding hydrogens is 348 g/mol. The van der Waals surface area contributed by atoms with Crippen LogP contribution < -0.4 is 4.90 Å². The monoisotopic (exact) mass is 370 g/mol. The van der Waals surface area contributed by atoms with Crippen LogP contribution in [0.3, 0.4) is 0 Å². The molecule has 4 nitrogen and oxygen atoms in total. The summed E-state index contributed by atoms with van der Waals surface area (Å²) >= 11 is 6.26. The van der Waals surface area contributed by atoms with Crippen LogP contribution in [0.2, 0.25) is 5.02 Å². The summed E-state index contributed by atoms with van der Waals surface area (Å²) in [5.74, 6) is 0.00935. The number of aliphatic imine (C=N–C) groups is 1. The molecule has 0 bridgehead atoms. The van der Waals surface area contributed by atoms with E-state index < -0.39 is 6.04 Å². The van der Waals surface area contributed by atoms with Gasteiger partial charge in [0.15, 0.2) is 0 Å². The number of rotatable bonds is 5. The molecule has 0 spiro atoms. The van der Waals surface area contributed by atoms with Gasteiger partial charge in [-0.25, -0.2) is 0 Å². The van der Waals surface area contributed by atoms with Gasteiger partial charge in [0, 0.05) is 22.7 Å². The number of carbonyl (C=O) groups is 1. The quantitative estimate of drug-likeness (QED) is 0.866. The third-order valence-corrected chi connectivity index (χ3v) is 5.08. The SMILES string of the molecule is CCC(C)[C@@H]1N=C(c2ccccc2)c2cc(Cl)ccc2N(CCO)C1=O. The van der Waals surface area contributed by atoms with E-state index in [0.29, 0.717) is 5.02 Å². The number of hydrogen-bond donors (Lipinski definition) is 1. The molecule has 0 radical (unpaired) electrons. The van der Waals surface area contributed by atoms with Crippen LogP contribution in [0.15, 0.2) is 53.5 Å². The summed E-state index contributed by atoms with van der Waals surface area (Å²) in [6.45, 7) is 4.22. The summed E-state index contributed by atoms with van der Waals surface area (Å²) in [5, 5.41) is 10.1. The molecule has 3 rings (SSSR count). The number of benzene rings is 2. The molecule has 1 aliphatic heterocycles. The van der Waals surface area contributed by atoms with Crippen LogP contribution in [0.1, 0.15) is 31.4 Å². The maximum absolute atomic E-state index is 13.2. The van der Waals surface area contributed by atoms with Gasteiger partial charge in [-0.15, -0.1) is 0 Å². The minimum Gasteiger partial charge on any atom is -0.395 e. The average molecular weight is 371 g/mol. The summed E-state index contributed by atoms with van der Waals surface area (Å²) in [6.07, 6.45) is 0.839. The average Bonchev–Trinajstić information content (AvgIpc) is 2.77. The largest absolute Gasteiger partial charge is 0.395 e. The smallest absolute Gasteiger partial charge is 0.252 e. The Labute approximate surface area is 159 Å². The van der Waals surface area contributed by atoms with Crippen molar-refractivity contribution in [1.29, 1.82) is 0 Å². The van der Waals surface area contributed by atoms with Crippen LogP contribution in [0.5, 0.6) is 0 Å². The minimum absolute atomic E-state index is 0.0806. The van der Waals surface area contributed by atoms with E-state index in [1.54, 1.807) is 11.0 Å². The number of carbonyl (C=O) groups excluding carboxylic acids is 1. The zero-order chi connectivity index (χ0) is 18.7. The molecule has 1 aliphatic rings. The molecule has 1 amide bonds. The van der Waals surface area contributed by atoms with Crippen LogP contribution in [-0.4, -0.2) is 35.9 Å². The first-order valence-corrected chi connectivity index (χ1v) is 9.30. The number of benzodiazepines with no additional fused rings is 1. The second-order valence-corrected chi connectivity index (χ2v) is 6.99. The molecular formula is C21H23ClN2O2. The van der Waals surface area contributed by atoms with E-state index in [9.17, 15) is 9.90 Å². The van der Waals surface area contributed by atoms with Crippen LogP contribution in [0.25, 0.3) is 0 Å². The zero-order valence-electron chi connectivity index (χ0n) is 15.0. The Bertz CT molecular complexity index is 820. The first-order chi connectivity index (χ1) is 12.6. The molecule has 1 unspecified atom stereocenters. The van der Waals surface area contributed by atoms with Crippen molar-refractivity contribution in [1.82, 2.24) is 0 Å². The maximum atomic E-state index is 13.2. The Morgan fingerprint density at radius 3 is 2.62 bits per heavy atom. The number of anilines is 1. The van der Waals surface area contributed by atoms with E-state index in [1.165, 1.54) is 0 Å². The highest BCUT2D eigenvalue weighted by molar-refractivity contribution is 6.32. The lowest BCUT2D eigenvalue weighted by molar-refractivity contribution is -0.120. The van der Waals surface area contributed by atoms with Crippen molar-refractivity contribution in [2.45, 2.75) is 26.3 Å². The molecule has 0 saturated heterocycles. The number of aliphatic hydroxyl groups is 1. The van der Waals surface area contributed by atoms with Crippen LogP contribution in [-0.2, 0) is 4.79 Å². The van der Waals surface area contributed by atoms with E-state index in [0.717, 1.165) is 28.9 Å². The first-order valence-electron chi connectivity index (χ1n) is 8.92. The van der Waals surface area contributed by atoms with Gasteiger partial charge in [-0.3, -0.25) is 9.79 Å². The number of nitrogens with zero attached hydrogens (tertiary/aromatic N) is 2. The fourth-order valence-electron chi connectivity index (χ4n) is 3.23. The highest BCUT2D eigenvalue weighted by Gasteiger charge is 2.34. The topological polar surface area (TPSA) is 52.9 Å². The molecule has 1 heterocycles. The number of aliphatic hydroxyl groups excluding tert-OH is 1. The lowest BCUT2D eigenvalue weighted by atomic mass is 9.98. The van der Waals surface area contributed by atoms with Crippen molar-refractivity contribution >= 4 is 28.9 Å². The normalized spacial score (nSPS) is 18.2. The molecule has 0 fully saturated rings. The lowest BCUT2D eigenvalue weighted by Crippen LogP contribution is -2.42. The summed E-state index contributed by atoms with van der Waals surface area (Å²) < 4.78 is 0. The van der Waals surface area contributed by atoms with Crippen molar-refractivity contribution < 1.29 is 9.90 Å². The molecule has 1 N–H and O–H groups in total. The van der Waals surface area contributed by atoms with Crippen molar-refractivity contribution in [3.05, 3.63) is 64.7 Å². The number of fused-ring (bicyclic) bond motifs is 1. The Morgan fingerprint density at radius 2 is 1.96 bits per heavy atom. The molecule has 136 valence electrons. The molecule has 5 heteroatoms. The molecule has 0 aliphatic carbocycles. The van der Waals surface area contributed by atoms with Gasteiger partial charge in [0.1, 0.15) is 6.04 Å². The number of amides is 1. The van der Waals surface area contributed by atoms with E-state index in [1.807, 2.05) is 49.4 Å². The van der Waals surface area contributed by atoms with E-state index in [-0.39, 0.29) is 25.0 Å². The van der Waals surface area contributed by atoms with Gasteiger partial charge in [-0.2, -0.15) is 0 Å². The fraction of sp³-hybridized carbons (Fsp3) is 0.333. The van der Waals surface area contributed by atoms with Gasteiger partial charge >= 0.3 is 0 Å². The molecule has 2 atom stereocenters. The fourth-order valence-corrected chi connectivity index (χ4v) is 3.40. The highest BCUT2D eigenvalue weighted by atomic mass is 35.5. The second-order valence-electron chi connectivity index (χ2n) is 6.55. The van der Waals surface area contributed by atoms with Gasteiger partial charge in [-0.05, 0) is 24.1 Å². The summed E-state index contributed by atoms with van der Waals surface area (Å²) in [4.78, 5) is 19.8. The Morgan fingerprint density at radius 1 is 1.23 bits per heavy atom. The summed E-state index contributed by atoms with van der Waals surface area (Å²) in [7, 11) is 0. The number of halogens is 1. The van der Waals surface area contributed by atoms with Gasteiger partial charge < -0.3 is 10.0 Å². The molecule has 26 heavy (non-hydrogen) atoms. The summed E-state index contributed by atoms with van der Waals surface area (Å²) in [6, 6.07) is 14.8.